The molecule has 2 heterocycles. The third kappa shape index (κ3) is 2.37. The van der Waals surface area contributed by atoms with Gasteiger partial charge < -0.3 is 9.64 Å². The SMILES string of the molecule is N#CN=C(Oc1ccccc1)N1[C@@H]2CC[C@H]1CC(=O)C2. The van der Waals surface area contributed by atoms with Gasteiger partial charge in [0.2, 0.25) is 6.19 Å². The number of amidine groups is 1. The number of carbonyl (C=O) groups excluding carboxylic acids is 1. The standard InChI is InChI=1S/C15H15N3O2/c16-10-17-15(20-14-4-2-1-3-5-14)18-11-6-7-12(18)9-13(19)8-11/h1-5,11-12H,6-9H2/t11-,12+. The number of hydrogen-bond acceptors (Lipinski definition) is 4. The molecule has 2 aliphatic rings. The molecule has 0 amide bonds. The normalized spacial score (nSPS) is 25.4. The molecular formula is C15H15N3O2. The van der Waals surface area contributed by atoms with Crippen LogP contribution in [0.15, 0.2) is 35.3 Å². The van der Waals surface area contributed by atoms with Crippen molar-refractivity contribution in [1.82, 2.24) is 4.90 Å². The van der Waals surface area contributed by atoms with Gasteiger partial charge in [0, 0.05) is 24.9 Å². The third-order valence-electron chi connectivity index (χ3n) is 3.87. The number of carbonyl (C=O) groups is 1. The molecule has 0 saturated carbocycles. The minimum Gasteiger partial charge on any atom is -0.425 e. The van der Waals surface area contributed by atoms with Crippen LogP contribution in [-0.2, 0) is 4.79 Å². The van der Waals surface area contributed by atoms with Gasteiger partial charge in [0.1, 0.15) is 11.5 Å². The third-order valence-corrected chi connectivity index (χ3v) is 3.87. The molecule has 2 atom stereocenters. The quantitative estimate of drug-likeness (QED) is 0.445. The van der Waals surface area contributed by atoms with Gasteiger partial charge in [-0.15, -0.1) is 4.99 Å². The molecule has 2 aliphatic heterocycles. The number of fused-ring (bicyclic) bond motifs is 2. The first-order valence-corrected chi connectivity index (χ1v) is 6.77. The topological polar surface area (TPSA) is 65.7 Å². The smallest absolute Gasteiger partial charge is 0.308 e. The molecule has 0 spiro atoms. The summed E-state index contributed by atoms with van der Waals surface area (Å²) >= 11 is 0. The van der Waals surface area contributed by atoms with Crippen molar-refractivity contribution < 1.29 is 9.53 Å². The van der Waals surface area contributed by atoms with Crippen LogP contribution in [0.2, 0.25) is 0 Å². The Bertz CT molecular complexity index is 561. The monoisotopic (exact) mass is 269 g/mol. The number of ether oxygens (including phenoxy) is 1. The molecule has 102 valence electrons. The van der Waals surface area contributed by atoms with Crippen LogP contribution in [0.3, 0.4) is 0 Å². The highest BCUT2D eigenvalue weighted by Gasteiger charge is 2.42. The number of aliphatic imine (C=N–C) groups is 1. The second-order valence-corrected chi connectivity index (χ2v) is 5.15. The van der Waals surface area contributed by atoms with Crippen LogP contribution in [0.5, 0.6) is 5.75 Å². The van der Waals surface area contributed by atoms with Crippen LogP contribution in [-0.4, -0.2) is 28.8 Å². The van der Waals surface area contributed by atoms with E-state index in [1.54, 1.807) is 6.19 Å². The molecule has 2 saturated heterocycles. The molecule has 20 heavy (non-hydrogen) atoms. The van der Waals surface area contributed by atoms with E-state index < -0.39 is 0 Å². The zero-order chi connectivity index (χ0) is 13.9. The first-order valence-electron chi connectivity index (χ1n) is 6.77. The summed E-state index contributed by atoms with van der Waals surface area (Å²) in [7, 11) is 0. The molecule has 1 aromatic rings. The predicted molar refractivity (Wildman–Crippen MR) is 73.0 cm³/mol. The Morgan fingerprint density at radius 1 is 1.25 bits per heavy atom. The van der Waals surface area contributed by atoms with Gasteiger partial charge in [-0.25, -0.2) is 0 Å². The van der Waals surface area contributed by atoms with E-state index >= 15 is 0 Å². The average Bonchev–Trinajstić information content (AvgIpc) is 2.71. The molecule has 3 rings (SSSR count). The molecule has 5 nitrogen and oxygen atoms in total. The van der Waals surface area contributed by atoms with E-state index in [0.29, 0.717) is 30.4 Å². The van der Waals surface area contributed by atoms with Gasteiger partial charge in [0.05, 0.1) is 0 Å². The Hall–Kier alpha value is -2.35. The van der Waals surface area contributed by atoms with Crippen molar-refractivity contribution in [2.75, 3.05) is 0 Å². The molecule has 0 unspecified atom stereocenters. The number of nitriles is 1. The highest BCUT2D eigenvalue weighted by molar-refractivity contribution is 5.85. The van der Waals surface area contributed by atoms with E-state index in [1.807, 2.05) is 35.2 Å². The largest absolute Gasteiger partial charge is 0.425 e. The Balaban J connectivity index is 1.84. The zero-order valence-corrected chi connectivity index (χ0v) is 11.0. The van der Waals surface area contributed by atoms with Crippen molar-refractivity contribution in [3.8, 4) is 11.9 Å². The van der Waals surface area contributed by atoms with E-state index in [0.717, 1.165) is 12.8 Å². The van der Waals surface area contributed by atoms with Crippen molar-refractivity contribution in [3.05, 3.63) is 30.3 Å². The Labute approximate surface area is 117 Å². The number of Topliss-reactive ketones (excluding diaryl/α,β-unsaturated/α-hetero) is 1. The first-order chi connectivity index (χ1) is 9.78. The van der Waals surface area contributed by atoms with Crippen molar-refractivity contribution in [3.63, 3.8) is 0 Å². The van der Waals surface area contributed by atoms with Crippen molar-refractivity contribution in [1.29, 1.82) is 5.26 Å². The summed E-state index contributed by atoms with van der Waals surface area (Å²) in [5.74, 6) is 0.947. The van der Waals surface area contributed by atoms with Crippen LogP contribution in [0.1, 0.15) is 25.7 Å². The lowest BCUT2D eigenvalue weighted by atomic mass is 10.0. The lowest BCUT2D eigenvalue weighted by Gasteiger charge is -2.34. The summed E-state index contributed by atoms with van der Waals surface area (Å²) in [4.78, 5) is 17.5. The summed E-state index contributed by atoms with van der Waals surface area (Å²) in [6.45, 7) is 0. The summed E-state index contributed by atoms with van der Waals surface area (Å²) in [5.41, 5.74) is 0. The second kappa shape index (κ2) is 5.33. The molecule has 0 aromatic heterocycles. The first kappa shape index (κ1) is 12.7. The van der Waals surface area contributed by atoms with Crippen LogP contribution in [0.4, 0.5) is 0 Å². The van der Waals surface area contributed by atoms with Crippen LogP contribution in [0, 0.1) is 11.5 Å². The van der Waals surface area contributed by atoms with Crippen molar-refractivity contribution >= 4 is 11.8 Å². The van der Waals surface area contributed by atoms with Crippen molar-refractivity contribution in [2.45, 2.75) is 37.8 Å². The van der Waals surface area contributed by atoms with Crippen LogP contribution < -0.4 is 4.74 Å². The maximum Gasteiger partial charge on any atom is 0.308 e. The van der Waals surface area contributed by atoms with Gasteiger partial charge in [0.15, 0.2) is 0 Å². The molecular weight excluding hydrogens is 254 g/mol. The number of nitrogens with zero attached hydrogens (tertiary/aromatic N) is 3. The van der Waals surface area contributed by atoms with Crippen LogP contribution >= 0.6 is 0 Å². The Morgan fingerprint density at radius 3 is 2.50 bits per heavy atom. The van der Waals surface area contributed by atoms with Gasteiger partial charge in [-0.3, -0.25) is 4.79 Å². The number of rotatable bonds is 1. The lowest BCUT2D eigenvalue weighted by molar-refractivity contribution is -0.122. The maximum atomic E-state index is 11.6. The van der Waals surface area contributed by atoms with Gasteiger partial charge in [0.25, 0.3) is 0 Å². The van der Waals surface area contributed by atoms with E-state index in [9.17, 15) is 4.79 Å². The van der Waals surface area contributed by atoms with E-state index in [1.165, 1.54) is 0 Å². The molecule has 5 heteroatoms. The molecule has 2 bridgehead atoms. The highest BCUT2D eigenvalue weighted by atomic mass is 16.5. The Kier molecular flexibility index (Phi) is 3.38. The molecule has 2 fully saturated rings. The summed E-state index contributed by atoms with van der Waals surface area (Å²) in [6, 6.07) is 9.85. The average molecular weight is 269 g/mol. The maximum absolute atomic E-state index is 11.6. The minimum absolute atomic E-state index is 0.122. The number of benzene rings is 1. The fourth-order valence-corrected chi connectivity index (χ4v) is 3.05. The van der Waals surface area contributed by atoms with E-state index in [-0.39, 0.29) is 12.1 Å². The van der Waals surface area contributed by atoms with Gasteiger partial charge >= 0.3 is 6.02 Å². The summed E-state index contributed by atoms with van der Waals surface area (Å²) in [5, 5.41) is 8.88. The van der Waals surface area contributed by atoms with Gasteiger partial charge in [-0.1, -0.05) is 18.2 Å². The van der Waals surface area contributed by atoms with Crippen molar-refractivity contribution in [2.24, 2.45) is 4.99 Å². The lowest BCUT2D eigenvalue weighted by Crippen LogP contribution is -2.48. The number of hydrogen-bond donors (Lipinski definition) is 0. The molecule has 1 aromatic carbocycles. The Morgan fingerprint density at radius 2 is 1.90 bits per heavy atom. The van der Waals surface area contributed by atoms with Gasteiger partial charge in [-0.2, -0.15) is 5.26 Å². The fraction of sp³-hybridized carbons (Fsp3) is 0.400. The van der Waals surface area contributed by atoms with Crippen LogP contribution in [0.25, 0.3) is 0 Å². The van der Waals surface area contributed by atoms with Gasteiger partial charge in [-0.05, 0) is 25.0 Å². The van der Waals surface area contributed by atoms with E-state index in [4.69, 9.17) is 10.00 Å². The summed E-state index contributed by atoms with van der Waals surface area (Å²) < 4.78 is 5.75. The second-order valence-electron chi connectivity index (χ2n) is 5.15. The van der Waals surface area contributed by atoms with E-state index in [2.05, 4.69) is 4.99 Å². The molecule has 0 radical (unpaired) electrons. The summed E-state index contributed by atoms with van der Waals surface area (Å²) in [6.07, 6.45) is 4.77. The molecule has 0 aliphatic carbocycles. The highest BCUT2D eigenvalue weighted by Crippen LogP contribution is 2.34. The number of ketones is 1. The predicted octanol–water partition coefficient (Wildman–Crippen LogP) is 2.10. The minimum atomic E-state index is 0.122. The number of para-hydroxylation sites is 1. The molecule has 0 N–H and O–H groups in total. The fourth-order valence-electron chi connectivity index (χ4n) is 3.05. The number of piperidine rings is 1. The zero-order valence-electron chi connectivity index (χ0n) is 11.0.